The van der Waals surface area contributed by atoms with Crippen molar-refractivity contribution in [2.75, 3.05) is 26.3 Å². The van der Waals surface area contributed by atoms with Crippen molar-refractivity contribution in [3.63, 3.8) is 0 Å². The van der Waals surface area contributed by atoms with Crippen molar-refractivity contribution in [1.82, 2.24) is 24.8 Å². The molecular weight excluding hydrogens is 422 g/mol. The molecule has 0 radical (unpaired) electrons. The largest absolute Gasteiger partial charge is 0.380 e. The van der Waals surface area contributed by atoms with E-state index in [4.69, 9.17) is 9.26 Å². The third-order valence-corrected chi connectivity index (χ3v) is 6.35. The van der Waals surface area contributed by atoms with Crippen LogP contribution in [0.2, 0.25) is 0 Å². The highest BCUT2D eigenvalue weighted by Crippen LogP contribution is 2.31. The van der Waals surface area contributed by atoms with Crippen molar-refractivity contribution in [2.45, 2.75) is 46.0 Å². The van der Waals surface area contributed by atoms with E-state index >= 15 is 0 Å². The number of carbonyl (C=O) groups is 2. The fourth-order valence-corrected chi connectivity index (χ4v) is 4.34. The van der Waals surface area contributed by atoms with Gasteiger partial charge in [0.05, 0.1) is 30.8 Å². The van der Waals surface area contributed by atoms with Crippen LogP contribution >= 0.6 is 0 Å². The van der Waals surface area contributed by atoms with Gasteiger partial charge in [0.15, 0.2) is 0 Å². The first-order valence-corrected chi connectivity index (χ1v) is 11.5. The monoisotopic (exact) mass is 451 g/mol. The number of amides is 1. The molecule has 0 unspecified atom stereocenters. The highest BCUT2D eigenvalue weighted by Gasteiger charge is 2.31. The van der Waals surface area contributed by atoms with Gasteiger partial charge in [0.1, 0.15) is 0 Å². The molecule has 0 atom stereocenters. The molecule has 9 nitrogen and oxygen atoms in total. The van der Waals surface area contributed by atoms with Gasteiger partial charge in [-0.25, -0.2) is 0 Å². The zero-order valence-corrected chi connectivity index (χ0v) is 19.3. The molecule has 2 fully saturated rings. The number of rotatable bonds is 4. The van der Waals surface area contributed by atoms with Crippen molar-refractivity contribution in [2.24, 2.45) is 11.3 Å². The third-order valence-electron chi connectivity index (χ3n) is 6.35. The average molecular weight is 452 g/mol. The fraction of sp³-hybridized carbons (Fsp3) is 0.542. The van der Waals surface area contributed by atoms with E-state index in [1.165, 1.54) is 4.68 Å². The zero-order valence-electron chi connectivity index (χ0n) is 19.3. The topological polar surface area (TPSA) is 103 Å². The van der Waals surface area contributed by atoms with Crippen LogP contribution in [-0.4, -0.2) is 62.9 Å². The Hall–Kier alpha value is -3.07. The van der Waals surface area contributed by atoms with E-state index in [0.717, 1.165) is 29.3 Å². The predicted molar refractivity (Wildman–Crippen MR) is 121 cm³/mol. The first-order valence-electron chi connectivity index (χ1n) is 11.5. The molecule has 0 spiro atoms. The van der Waals surface area contributed by atoms with E-state index < -0.39 is 0 Å². The second-order valence-corrected chi connectivity index (χ2v) is 10.3. The Labute approximate surface area is 192 Å². The minimum absolute atomic E-state index is 0.0118. The maximum atomic E-state index is 12.7. The van der Waals surface area contributed by atoms with Crippen LogP contribution in [0.25, 0.3) is 22.3 Å². The Bertz CT molecular complexity index is 1180. The normalized spacial score (nSPS) is 18.0. The zero-order chi connectivity index (χ0) is 23.2. The smallest absolute Gasteiger partial charge is 0.255 e. The van der Waals surface area contributed by atoms with Gasteiger partial charge in [-0.15, -0.1) is 0 Å². The maximum absolute atomic E-state index is 12.7. The van der Waals surface area contributed by atoms with Crippen LogP contribution in [-0.2, 0) is 9.53 Å². The molecule has 2 aliphatic heterocycles. The quantitative estimate of drug-likeness (QED) is 0.598. The summed E-state index contributed by atoms with van der Waals surface area (Å²) >= 11 is 0. The van der Waals surface area contributed by atoms with Crippen molar-refractivity contribution in [3.8, 4) is 11.4 Å². The number of benzene rings is 1. The summed E-state index contributed by atoms with van der Waals surface area (Å²) in [6.07, 6.45) is 3.85. The summed E-state index contributed by atoms with van der Waals surface area (Å²) in [7, 11) is 0. The van der Waals surface area contributed by atoms with Crippen molar-refractivity contribution < 1.29 is 18.8 Å². The molecule has 33 heavy (non-hydrogen) atoms. The van der Waals surface area contributed by atoms with Gasteiger partial charge >= 0.3 is 0 Å². The van der Waals surface area contributed by atoms with Gasteiger partial charge in [-0.05, 0) is 24.3 Å². The molecule has 5 rings (SSSR count). The molecule has 0 N–H and O–H groups in total. The lowest BCUT2D eigenvalue weighted by Crippen LogP contribution is -2.39. The minimum atomic E-state index is -0.144. The van der Waals surface area contributed by atoms with E-state index in [2.05, 4.69) is 36.0 Å². The summed E-state index contributed by atoms with van der Waals surface area (Å²) in [5.41, 5.74) is 1.48. The Morgan fingerprint density at radius 2 is 1.91 bits per heavy atom. The summed E-state index contributed by atoms with van der Waals surface area (Å²) in [5, 5.41) is 9.34. The molecular formula is C24H29N5O4. The number of aromatic nitrogens is 4. The van der Waals surface area contributed by atoms with Gasteiger partial charge in [-0.2, -0.15) is 14.8 Å². The lowest BCUT2D eigenvalue weighted by atomic mass is 9.90. The highest BCUT2D eigenvalue weighted by atomic mass is 16.5. The molecule has 1 aromatic carbocycles. The molecule has 0 saturated carbocycles. The Balaban J connectivity index is 1.29. The summed E-state index contributed by atoms with van der Waals surface area (Å²) in [6, 6.07) is 5.70. The summed E-state index contributed by atoms with van der Waals surface area (Å²) < 4.78 is 12.2. The SMILES string of the molecule is CC(C)(C)CC(=O)N1CCC(c2nc(-c3ccc4cnn(C(=O)C5COC5)c4c3)no2)CC1. The van der Waals surface area contributed by atoms with Gasteiger partial charge in [-0.1, -0.05) is 38.1 Å². The lowest BCUT2D eigenvalue weighted by Gasteiger charge is -2.32. The number of fused-ring (bicyclic) bond motifs is 1. The number of ether oxygens (including phenoxy) is 1. The van der Waals surface area contributed by atoms with Crippen LogP contribution in [0.4, 0.5) is 0 Å². The first-order chi connectivity index (χ1) is 15.8. The maximum Gasteiger partial charge on any atom is 0.255 e. The molecule has 2 aromatic heterocycles. The number of hydrogen-bond donors (Lipinski definition) is 0. The number of hydrogen-bond acceptors (Lipinski definition) is 7. The third kappa shape index (κ3) is 4.42. The van der Waals surface area contributed by atoms with Crippen LogP contribution in [0, 0.1) is 11.3 Å². The molecule has 0 aliphatic carbocycles. The number of piperidine rings is 1. The van der Waals surface area contributed by atoms with E-state index in [0.29, 0.717) is 44.4 Å². The molecule has 174 valence electrons. The fourth-order valence-electron chi connectivity index (χ4n) is 4.34. The van der Waals surface area contributed by atoms with E-state index in [-0.39, 0.29) is 29.1 Å². The number of carbonyl (C=O) groups excluding carboxylic acids is 2. The molecule has 1 amide bonds. The predicted octanol–water partition coefficient (Wildman–Crippen LogP) is 3.52. The van der Waals surface area contributed by atoms with Crippen LogP contribution in [0.3, 0.4) is 0 Å². The average Bonchev–Trinajstić information content (AvgIpc) is 3.38. The van der Waals surface area contributed by atoms with Crippen LogP contribution in [0.1, 0.15) is 56.6 Å². The number of likely N-dealkylation sites (tertiary alicyclic amines) is 1. The standard InChI is InChI=1S/C24H29N5O4/c1-24(2,3)11-20(30)28-8-6-15(7-9-28)22-26-21(27-33-22)16-4-5-17-12-25-29(19(17)10-16)23(31)18-13-32-14-18/h4-5,10,12,15,18H,6-9,11,13-14H2,1-3H3. The second-order valence-electron chi connectivity index (χ2n) is 10.3. The summed E-state index contributed by atoms with van der Waals surface area (Å²) in [4.78, 5) is 31.8. The molecule has 0 bridgehead atoms. The van der Waals surface area contributed by atoms with Crippen molar-refractivity contribution >= 4 is 22.7 Å². The Morgan fingerprint density at radius 3 is 2.58 bits per heavy atom. The van der Waals surface area contributed by atoms with E-state index in [9.17, 15) is 9.59 Å². The minimum Gasteiger partial charge on any atom is -0.380 e. The first kappa shape index (κ1) is 21.8. The van der Waals surface area contributed by atoms with Crippen LogP contribution in [0.5, 0.6) is 0 Å². The van der Waals surface area contributed by atoms with Crippen LogP contribution < -0.4 is 0 Å². The molecule has 3 aromatic rings. The van der Waals surface area contributed by atoms with E-state index in [1.54, 1.807) is 6.20 Å². The van der Waals surface area contributed by atoms with Gasteiger partial charge in [-0.3, -0.25) is 9.59 Å². The van der Waals surface area contributed by atoms with Gasteiger partial charge in [0, 0.05) is 36.4 Å². The summed E-state index contributed by atoms with van der Waals surface area (Å²) in [6.45, 7) is 8.53. The number of nitrogens with zero attached hydrogens (tertiary/aromatic N) is 5. The van der Waals surface area contributed by atoms with Crippen molar-refractivity contribution in [3.05, 3.63) is 30.3 Å². The van der Waals surface area contributed by atoms with E-state index in [1.807, 2.05) is 23.1 Å². The van der Waals surface area contributed by atoms with Crippen molar-refractivity contribution in [1.29, 1.82) is 0 Å². The Kier molecular flexibility index (Phi) is 5.52. The van der Waals surface area contributed by atoms with Gasteiger partial charge in [0.2, 0.25) is 17.6 Å². The molecule has 9 heteroatoms. The van der Waals surface area contributed by atoms with Gasteiger partial charge < -0.3 is 14.2 Å². The molecule has 4 heterocycles. The molecule has 2 aliphatic rings. The van der Waals surface area contributed by atoms with Gasteiger partial charge in [0.25, 0.3) is 5.91 Å². The molecule has 2 saturated heterocycles. The summed E-state index contributed by atoms with van der Waals surface area (Å²) in [5.74, 6) is 1.23. The lowest BCUT2D eigenvalue weighted by molar-refractivity contribution is -0.134. The second kappa shape index (κ2) is 8.37. The van der Waals surface area contributed by atoms with Crippen LogP contribution in [0.15, 0.2) is 28.9 Å². The highest BCUT2D eigenvalue weighted by molar-refractivity contribution is 5.93. The Morgan fingerprint density at radius 1 is 1.15 bits per heavy atom.